The van der Waals surface area contributed by atoms with Gasteiger partial charge in [-0.2, -0.15) is 5.10 Å². The van der Waals surface area contributed by atoms with E-state index in [9.17, 15) is 4.79 Å². The van der Waals surface area contributed by atoms with Crippen LogP contribution in [0.3, 0.4) is 0 Å². The van der Waals surface area contributed by atoms with Crippen LogP contribution in [0.1, 0.15) is 12.6 Å². The fraction of sp³-hybridized carbons (Fsp3) is 0.154. The summed E-state index contributed by atoms with van der Waals surface area (Å²) in [7, 11) is 0. The van der Waals surface area contributed by atoms with E-state index in [-0.39, 0.29) is 5.69 Å². The van der Waals surface area contributed by atoms with Gasteiger partial charge in [-0.25, -0.2) is 19.3 Å². The monoisotopic (exact) mass is 255 g/mol. The number of nitrogens with one attached hydrogen (secondary N) is 2. The minimum absolute atomic E-state index is 0.302. The molecule has 0 radical (unpaired) electrons. The molecule has 0 saturated heterocycles. The van der Waals surface area contributed by atoms with Gasteiger partial charge in [-0.05, 0) is 18.6 Å². The number of nitrogens with zero attached hydrogens (tertiary/aromatic N) is 3. The maximum atomic E-state index is 11.8. The number of hydrogen-bond donors (Lipinski definition) is 2. The summed E-state index contributed by atoms with van der Waals surface area (Å²) in [6.07, 6.45) is 0.779. The first-order valence-corrected chi connectivity index (χ1v) is 6.07. The van der Waals surface area contributed by atoms with Crippen molar-refractivity contribution in [1.29, 1.82) is 0 Å². The van der Waals surface area contributed by atoms with E-state index in [1.165, 1.54) is 4.40 Å². The second kappa shape index (κ2) is 4.56. The van der Waals surface area contributed by atoms with Crippen LogP contribution in [0, 0.1) is 0 Å². The fourth-order valence-electron chi connectivity index (χ4n) is 1.89. The summed E-state index contributed by atoms with van der Waals surface area (Å²) in [6, 6.07) is 11.4. The quantitative estimate of drug-likeness (QED) is 0.747. The third kappa shape index (κ3) is 2.08. The van der Waals surface area contributed by atoms with E-state index in [0.29, 0.717) is 11.6 Å². The predicted molar refractivity (Wildman–Crippen MR) is 72.7 cm³/mol. The van der Waals surface area contributed by atoms with Gasteiger partial charge >= 0.3 is 5.69 Å². The summed E-state index contributed by atoms with van der Waals surface area (Å²) in [5.41, 5.74) is 2.02. The lowest BCUT2D eigenvalue weighted by molar-refractivity contribution is 0.961. The average molecular weight is 255 g/mol. The summed E-state index contributed by atoms with van der Waals surface area (Å²) in [4.78, 5) is 16.2. The van der Waals surface area contributed by atoms with E-state index in [4.69, 9.17) is 0 Å². The van der Waals surface area contributed by atoms with Crippen LogP contribution < -0.4 is 11.0 Å². The molecule has 2 heterocycles. The lowest BCUT2D eigenvalue weighted by atomic mass is 10.3. The molecule has 6 nitrogen and oxygen atoms in total. The highest BCUT2D eigenvalue weighted by Gasteiger charge is 2.09. The molecule has 0 saturated carbocycles. The van der Waals surface area contributed by atoms with Crippen LogP contribution in [0.5, 0.6) is 0 Å². The number of fused-ring (bicyclic) bond motifs is 1. The maximum Gasteiger partial charge on any atom is 0.350 e. The van der Waals surface area contributed by atoms with Gasteiger partial charge in [0, 0.05) is 17.4 Å². The molecule has 3 aromatic rings. The zero-order valence-electron chi connectivity index (χ0n) is 10.4. The highest BCUT2D eigenvalue weighted by molar-refractivity contribution is 5.56. The van der Waals surface area contributed by atoms with Crippen LogP contribution >= 0.6 is 0 Å². The molecular formula is C13H13N5O. The highest BCUT2D eigenvalue weighted by atomic mass is 16.1. The Hall–Kier alpha value is -2.63. The van der Waals surface area contributed by atoms with Gasteiger partial charge in [0.05, 0.1) is 0 Å². The fourth-order valence-corrected chi connectivity index (χ4v) is 1.89. The van der Waals surface area contributed by atoms with Crippen molar-refractivity contribution in [2.75, 3.05) is 5.32 Å². The summed E-state index contributed by atoms with van der Waals surface area (Å²) >= 11 is 0. The zero-order valence-corrected chi connectivity index (χ0v) is 10.4. The molecule has 0 fully saturated rings. The molecule has 0 aliphatic rings. The summed E-state index contributed by atoms with van der Waals surface area (Å²) < 4.78 is 1.42. The van der Waals surface area contributed by atoms with Gasteiger partial charge in [-0.3, -0.25) is 0 Å². The molecule has 0 aliphatic heterocycles. The maximum absolute atomic E-state index is 11.8. The van der Waals surface area contributed by atoms with E-state index in [1.807, 2.05) is 37.3 Å². The molecule has 96 valence electrons. The highest BCUT2D eigenvalue weighted by Crippen LogP contribution is 2.15. The standard InChI is InChI=1S/C13H13N5O/c1-2-9-8-11-16-17-13(19)18(11)12(14-9)15-10-6-4-3-5-7-10/h3-8H,2H2,1H3,(H,14,15)(H,17,19). The number of aromatic nitrogens is 4. The van der Waals surface area contributed by atoms with Crippen molar-refractivity contribution in [3.8, 4) is 0 Å². The largest absolute Gasteiger partial charge is 0.350 e. The van der Waals surface area contributed by atoms with Crippen molar-refractivity contribution >= 4 is 17.3 Å². The molecule has 2 N–H and O–H groups in total. The lowest BCUT2D eigenvalue weighted by Gasteiger charge is -2.08. The minimum atomic E-state index is -0.302. The van der Waals surface area contributed by atoms with Gasteiger partial charge in [0.2, 0.25) is 5.95 Å². The Morgan fingerprint density at radius 3 is 2.84 bits per heavy atom. The van der Waals surface area contributed by atoms with Crippen molar-refractivity contribution in [2.24, 2.45) is 0 Å². The molecule has 0 aliphatic carbocycles. The molecular weight excluding hydrogens is 242 g/mol. The predicted octanol–water partition coefficient (Wildman–Crippen LogP) is 1.72. The van der Waals surface area contributed by atoms with Crippen LogP contribution in [-0.2, 0) is 6.42 Å². The Balaban J connectivity index is 2.15. The topological polar surface area (TPSA) is 75.1 Å². The number of anilines is 2. The first-order valence-electron chi connectivity index (χ1n) is 6.07. The van der Waals surface area contributed by atoms with E-state index in [1.54, 1.807) is 6.07 Å². The minimum Gasteiger partial charge on any atom is -0.325 e. The summed E-state index contributed by atoms with van der Waals surface area (Å²) in [5, 5.41) is 9.55. The van der Waals surface area contributed by atoms with Gasteiger partial charge in [0.25, 0.3) is 0 Å². The number of benzene rings is 1. The van der Waals surface area contributed by atoms with Crippen LogP contribution in [0.25, 0.3) is 5.65 Å². The molecule has 1 aromatic carbocycles. The third-order valence-electron chi connectivity index (χ3n) is 2.85. The first-order chi connectivity index (χ1) is 9.28. The molecule has 2 aromatic heterocycles. The van der Waals surface area contributed by atoms with Crippen LogP contribution in [0.15, 0.2) is 41.2 Å². The van der Waals surface area contributed by atoms with Crippen LogP contribution in [0.4, 0.5) is 11.6 Å². The molecule has 0 atom stereocenters. The Kier molecular flexibility index (Phi) is 2.75. The van der Waals surface area contributed by atoms with E-state index in [0.717, 1.165) is 17.8 Å². The summed E-state index contributed by atoms with van der Waals surface area (Å²) in [5.74, 6) is 0.472. The Morgan fingerprint density at radius 1 is 1.32 bits per heavy atom. The van der Waals surface area contributed by atoms with Crippen LogP contribution in [-0.4, -0.2) is 19.6 Å². The van der Waals surface area contributed by atoms with E-state index >= 15 is 0 Å². The molecule has 0 amide bonds. The van der Waals surface area contributed by atoms with Crippen molar-refractivity contribution in [1.82, 2.24) is 19.6 Å². The number of para-hydroxylation sites is 1. The SMILES string of the molecule is CCc1cc2n[nH]c(=O)n2c(Nc2ccccc2)n1. The number of aryl methyl sites for hydroxylation is 1. The van der Waals surface area contributed by atoms with Gasteiger partial charge in [-0.1, -0.05) is 25.1 Å². The molecule has 0 bridgehead atoms. The van der Waals surface area contributed by atoms with E-state index in [2.05, 4.69) is 20.5 Å². The third-order valence-corrected chi connectivity index (χ3v) is 2.85. The van der Waals surface area contributed by atoms with Gasteiger partial charge in [-0.15, -0.1) is 0 Å². The average Bonchev–Trinajstić information content (AvgIpc) is 2.81. The van der Waals surface area contributed by atoms with Crippen molar-refractivity contribution < 1.29 is 0 Å². The Bertz CT molecular complexity index is 760. The second-order valence-electron chi connectivity index (χ2n) is 4.14. The Labute approximate surface area is 109 Å². The van der Waals surface area contributed by atoms with Crippen molar-refractivity contribution in [2.45, 2.75) is 13.3 Å². The Morgan fingerprint density at radius 2 is 2.11 bits per heavy atom. The smallest absolute Gasteiger partial charge is 0.325 e. The van der Waals surface area contributed by atoms with Crippen LogP contribution in [0.2, 0.25) is 0 Å². The number of H-pyrrole nitrogens is 1. The number of aromatic amines is 1. The van der Waals surface area contributed by atoms with Crippen molar-refractivity contribution in [3.63, 3.8) is 0 Å². The second-order valence-corrected chi connectivity index (χ2v) is 4.14. The van der Waals surface area contributed by atoms with Gasteiger partial charge in [0.15, 0.2) is 5.65 Å². The summed E-state index contributed by atoms with van der Waals surface area (Å²) in [6.45, 7) is 2.01. The van der Waals surface area contributed by atoms with Crippen molar-refractivity contribution in [3.05, 3.63) is 52.6 Å². The number of hydrogen-bond acceptors (Lipinski definition) is 4. The molecule has 0 unspecified atom stereocenters. The first kappa shape index (κ1) is 11.5. The van der Waals surface area contributed by atoms with E-state index < -0.39 is 0 Å². The molecule has 19 heavy (non-hydrogen) atoms. The lowest BCUT2D eigenvalue weighted by Crippen LogP contribution is -2.15. The molecule has 6 heteroatoms. The zero-order chi connectivity index (χ0) is 13.2. The van der Waals surface area contributed by atoms with Gasteiger partial charge < -0.3 is 5.32 Å². The normalized spacial score (nSPS) is 10.8. The number of rotatable bonds is 3. The molecule has 3 rings (SSSR count). The van der Waals surface area contributed by atoms with Gasteiger partial charge in [0.1, 0.15) is 0 Å². The molecule has 0 spiro atoms.